The van der Waals surface area contributed by atoms with Gasteiger partial charge in [0.15, 0.2) is 5.75 Å². The maximum atomic E-state index is 12.8. The molecule has 0 aliphatic carbocycles. The molecule has 0 N–H and O–H groups in total. The number of anilines is 1. The maximum Gasteiger partial charge on any atom is 0.294 e. The first-order valence-corrected chi connectivity index (χ1v) is 11.8. The van der Waals surface area contributed by atoms with Gasteiger partial charge in [-0.05, 0) is 47.7 Å². The summed E-state index contributed by atoms with van der Waals surface area (Å²) >= 11 is 13.1. The van der Waals surface area contributed by atoms with Crippen molar-refractivity contribution in [3.8, 4) is 5.75 Å². The van der Waals surface area contributed by atoms with Gasteiger partial charge in [0, 0.05) is 31.9 Å². The molecule has 0 saturated carbocycles. The third-order valence-electron chi connectivity index (χ3n) is 5.44. The van der Waals surface area contributed by atoms with Crippen LogP contribution in [0.1, 0.15) is 5.56 Å². The first kappa shape index (κ1) is 23.5. The largest absolute Gasteiger partial charge is 0.494 e. The van der Waals surface area contributed by atoms with Crippen molar-refractivity contribution in [1.82, 2.24) is 9.80 Å². The summed E-state index contributed by atoms with van der Waals surface area (Å²) in [6.07, 6.45) is 1.53. The summed E-state index contributed by atoms with van der Waals surface area (Å²) in [5.41, 5.74) is 1.67. The van der Waals surface area contributed by atoms with Gasteiger partial charge in [-0.3, -0.25) is 19.3 Å². The molecule has 7 nitrogen and oxygen atoms in total. The van der Waals surface area contributed by atoms with Crippen LogP contribution in [0.15, 0.2) is 47.4 Å². The lowest BCUT2D eigenvalue weighted by Crippen LogP contribution is -2.51. The van der Waals surface area contributed by atoms with Crippen LogP contribution >= 0.6 is 35.0 Å². The molecule has 172 valence electrons. The van der Waals surface area contributed by atoms with Gasteiger partial charge < -0.3 is 14.5 Å². The van der Waals surface area contributed by atoms with Gasteiger partial charge >= 0.3 is 0 Å². The zero-order valence-electron chi connectivity index (χ0n) is 17.8. The predicted octanol–water partition coefficient (Wildman–Crippen LogP) is 4.39. The number of para-hydroxylation sites is 1. The third-order valence-corrected chi connectivity index (χ3v) is 6.91. The number of halogens is 2. The number of carbonyl (C=O) groups is 3. The summed E-state index contributed by atoms with van der Waals surface area (Å²) in [6, 6.07) is 13.2. The van der Waals surface area contributed by atoms with E-state index in [1.807, 2.05) is 30.3 Å². The highest BCUT2D eigenvalue weighted by Gasteiger charge is 2.37. The number of thioether (sulfide) groups is 1. The van der Waals surface area contributed by atoms with Crippen molar-refractivity contribution in [2.75, 3.05) is 44.7 Å². The highest BCUT2D eigenvalue weighted by atomic mass is 35.5. The quantitative estimate of drug-likeness (QED) is 0.561. The minimum atomic E-state index is -0.510. The minimum absolute atomic E-state index is 0.207. The molecule has 2 fully saturated rings. The van der Waals surface area contributed by atoms with Crippen molar-refractivity contribution in [3.05, 3.63) is 63.0 Å². The van der Waals surface area contributed by atoms with Crippen LogP contribution in [0, 0.1) is 0 Å². The molecule has 2 aliphatic heterocycles. The van der Waals surface area contributed by atoms with Crippen molar-refractivity contribution >= 4 is 63.8 Å². The van der Waals surface area contributed by atoms with Crippen LogP contribution in [0.4, 0.5) is 10.5 Å². The zero-order chi connectivity index (χ0) is 23.5. The van der Waals surface area contributed by atoms with E-state index in [0.29, 0.717) is 47.5 Å². The van der Waals surface area contributed by atoms with E-state index >= 15 is 0 Å². The van der Waals surface area contributed by atoms with Crippen molar-refractivity contribution in [3.63, 3.8) is 0 Å². The molecule has 0 unspecified atom stereocenters. The van der Waals surface area contributed by atoms with Gasteiger partial charge in [0.1, 0.15) is 6.54 Å². The average molecular weight is 506 g/mol. The van der Waals surface area contributed by atoms with E-state index in [2.05, 4.69) is 4.90 Å². The first-order valence-electron chi connectivity index (χ1n) is 10.2. The standard InChI is InChI=1S/C23H21Cl2N3O4S/c1-32-21-17(24)11-15(12-18(21)25)13-19-22(30)28(23(31)33-19)14-20(29)27-9-7-26(8-10-27)16-5-3-2-4-6-16/h2-6,11-13H,7-10,14H2,1H3/b19-13+. The fourth-order valence-corrected chi connectivity index (χ4v) is 5.23. The highest BCUT2D eigenvalue weighted by Crippen LogP contribution is 2.37. The second kappa shape index (κ2) is 10.1. The third kappa shape index (κ3) is 5.13. The number of rotatable bonds is 5. The zero-order valence-corrected chi connectivity index (χ0v) is 20.1. The number of amides is 3. The van der Waals surface area contributed by atoms with E-state index in [4.69, 9.17) is 27.9 Å². The SMILES string of the molecule is COc1c(Cl)cc(/C=C2/SC(=O)N(CC(=O)N3CCN(c4ccccc4)CC3)C2=O)cc1Cl. The summed E-state index contributed by atoms with van der Waals surface area (Å²) in [5, 5.41) is 0.105. The number of imide groups is 1. The molecule has 3 amide bonds. The molecule has 2 heterocycles. The van der Waals surface area contributed by atoms with Crippen LogP contribution < -0.4 is 9.64 Å². The first-order chi connectivity index (χ1) is 15.9. The summed E-state index contributed by atoms with van der Waals surface area (Å²) in [4.78, 5) is 43.1. The molecule has 33 heavy (non-hydrogen) atoms. The van der Waals surface area contributed by atoms with E-state index in [-0.39, 0.29) is 17.4 Å². The molecule has 2 aromatic carbocycles. The Hall–Kier alpha value is -2.68. The van der Waals surface area contributed by atoms with Crippen LogP contribution in [0.2, 0.25) is 10.0 Å². The molecule has 0 radical (unpaired) electrons. The molecule has 10 heteroatoms. The van der Waals surface area contributed by atoms with Crippen LogP contribution in [-0.4, -0.2) is 66.7 Å². The second-order valence-electron chi connectivity index (χ2n) is 7.49. The van der Waals surface area contributed by atoms with Crippen molar-refractivity contribution in [1.29, 1.82) is 0 Å². The number of nitrogens with zero attached hydrogens (tertiary/aromatic N) is 3. The summed E-state index contributed by atoms with van der Waals surface area (Å²) in [7, 11) is 1.46. The molecule has 4 rings (SSSR count). The number of benzene rings is 2. The van der Waals surface area contributed by atoms with E-state index < -0.39 is 11.1 Å². The molecule has 0 bridgehead atoms. The lowest BCUT2D eigenvalue weighted by atomic mass is 10.2. The molecule has 2 aliphatic rings. The normalized spacial score (nSPS) is 17.8. The topological polar surface area (TPSA) is 70.2 Å². The van der Waals surface area contributed by atoms with Gasteiger partial charge in [-0.25, -0.2) is 0 Å². The Morgan fingerprint density at radius 1 is 1.06 bits per heavy atom. The molecule has 2 aromatic rings. The second-order valence-corrected chi connectivity index (χ2v) is 9.30. The Morgan fingerprint density at radius 2 is 1.70 bits per heavy atom. The van der Waals surface area contributed by atoms with Gasteiger partial charge in [-0.15, -0.1) is 0 Å². The Kier molecular flexibility index (Phi) is 7.17. The van der Waals surface area contributed by atoms with Gasteiger partial charge in [-0.2, -0.15) is 0 Å². The van der Waals surface area contributed by atoms with Gasteiger partial charge in [0.25, 0.3) is 11.1 Å². The van der Waals surface area contributed by atoms with Crippen LogP contribution in [0.5, 0.6) is 5.75 Å². The minimum Gasteiger partial charge on any atom is -0.494 e. The summed E-state index contributed by atoms with van der Waals surface area (Å²) < 4.78 is 5.12. The lowest BCUT2D eigenvalue weighted by molar-refractivity contribution is -0.136. The molecule has 0 aromatic heterocycles. The molecular formula is C23H21Cl2N3O4S. The summed E-state index contributed by atoms with van der Waals surface area (Å²) in [6.45, 7) is 2.16. The maximum absolute atomic E-state index is 12.8. The summed E-state index contributed by atoms with van der Waals surface area (Å²) in [5.74, 6) is -0.423. The highest BCUT2D eigenvalue weighted by molar-refractivity contribution is 8.18. The monoisotopic (exact) mass is 505 g/mol. The number of methoxy groups -OCH3 is 1. The Morgan fingerprint density at radius 3 is 2.30 bits per heavy atom. The van der Waals surface area contributed by atoms with Crippen LogP contribution in [0.25, 0.3) is 6.08 Å². The number of hydrogen-bond acceptors (Lipinski definition) is 6. The fourth-order valence-electron chi connectivity index (χ4n) is 3.73. The van der Waals surface area contributed by atoms with Crippen molar-refractivity contribution in [2.45, 2.75) is 0 Å². The van der Waals surface area contributed by atoms with E-state index in [1.165, 1.54) is 13.2 Å². The Bertz CT molecular complexity index is 1090. The molecular weight excluding hydrogens is 485 g/mol. The Labute approximate surface area is 205 Å². The predicted molar refractivity (Wildman–Crippen MR) is 131 cm³/mol. The van der Waals surface area contributed by atoms with Gasteiger partial charge in [-0.1, -0.05) is 41.4 Å². The van der Waals surface area contributed by atoms with Crippen LogP contribution in [0.3, 0.4) is 0 Å². The van der Waals surface area contributed by atoms with Crippen molar-refractivity contribution in [2.24, 2.45) is 0 Å². The number of carbonyl (C=O) groups excluding carboxylic acids is 3. The van der Waals surface area contributed by atoms with E-state index in [1.54, 1.807) is 17.0 Å². The number of ether oxygens (including phenoxy) is 1. The van der Waals surface area contributed by atoms with Gasteiger partial charge in [0.2, 0.25) is 5.91 Å². The fraction of sp³-hybridized carbons (Fsp3) is 0.261. The molecule has 2 saturated heterocycles. The average Bonchev–Trinajstić information content (AvgIpc) is 3.07. The van der Waals surface area contributed by atoms with E-state index in [0.717, 1.165) is 22.3 Å². The number of piperazine rings is 1. The van der Waals surface area contributed by atoms with E-state index in [9.17, 15) is 14.4 Å². The number of hydrogen-bond donors (Lipinski definition) is 0. The lowest BCUT2D eigenvalue weighted by Gasteiger charge is -2.36. The van der Waals surface area contributed by atoms with Crippen molar-refractivity contribution < 1.29 is 19.1 Å². The smallest absolute Gasteiger partial charge is 0.294 e. The van der Waals surface area contributed by atoms with Crippen LogP contribution in [-0.2, 0) is 9.59 Å². The van der Waals surface area contributed by atoms with Gasteiger partial charge in [0.05, 0.1) is 22.1 Å². The Balaban J connectivity index is 1.39. The molecule has 0 atom stereocenters. The molecule has 0 spiro atoms.